The fraction of sp³-hybridized carbons (Fsp3) is 0.231. The van der Waals surface area contributed by atoms with Gasteiger partial charge < -0.3 is 16.2 Å². The number of benzene rings is 1. The zero-order valence-electron chi connectivity index (χ0n) is 10.8. The lowest BCUT2D eigenvalue weighted by atomic mass is 10.1. The van der Waals surface area contributed by atoms with Gasteiger partial charge in [-0.25, -0.2) is 0 Å². The van der Waals surface area contributed by atoms with Crippen LogP contribution in [0.25, 0.3) is 0 Å². The van der Waals surface area contributed by atoms with Crippen molar-refractivity contribution in [2.75, 3.05) is 5.73 Å². The van der Waals surface area contributed by atoms with Crippen molar-refractivity contribution in [1.82, 2.24) is 15.1 Å². The van der Waals surface area contributed by atoms with E-state index >= 15 is 0 Å². The van der Waals surface area contributed by atoms with E-state index in [4.69, 9.17) is 5.73 Å². The number of nitrogens with zero attached hydrogens (tertiary/aromatic N) is 2. The van der Waals surface area contributed by atoms with Gasteiger partial charge in [0.25, 0.3) is 5.91 Å². The molecular formula is C13H16N4O2. The number of nitrogens with two attached hydrogens (primary N) is 1. The molecule has 6 heteroatoms. The first-order chi connectivity index (χ1) is 8.99. The van der Waals surface area contributed by atoms with E-state index in [-0.39, 0.29) is 11.7 Å². The van der Waals surface area contributed by atoms with Crippen LogP contribution in [0.2, 0.25) is 0 Å². The van der Waals surface area contributed by atoms with Gasteiger partial charge in [-0.2, -0.15) is 5.10 Å². The highest BCUT2D eigenvalue weighted by Crippen LogP contribution is 2.17. The number of phenols is 1. The van der Waals surface area contributed by atoms with Gasteiger partial charge in [-0.1, -0.05) is 6.07 Å². The Morgan fingerprint density at radius 3 is 2.84 bits per heavy atom. The van der Waals surface area contributed by atoms with Crippen LogP contribution in [0.5, 0.6) is 5.75 Å². The van der Waals surface area contributed by atoms with Crippen molar-refractivity contribution >= 4 is 11.7 Å². The van der Waals surface area contributed by atoms with E-state index in [9.17, 15) is 9.90 Å². The molecule has 0 atom stereocenters. The van der Waals surface area contributed by atoms with Gasteiger partial charge in [-0.05, 0) is 24.6 Å². The molecule has 4 N–H and O–H groups in total. The Labute approximate surface area is 110 Å². The number of aromatic hydroxyl groups is 1. The maximum absolute atomic E-state index is 11.9. The molecule has 0 spiro atoms. The Hall–Kier alpha value is -2.50. The average molecular weight is 260 g/mol. The van der Waals surface area contributed by atoms with Gasteiger partial charge in [0.15, 0.2) is 0 Å². The number of rotatable bonds is 3. The standard InChI is InChI=1S/C13H16N4O2/c1-8-3-4-9(5-11(8)18)13(19)15-6-10-7-16-17(2)12(10)14/h3-5,7,18H,6,14H2,1-2H3,(H,15,19). The number of aryl methyl sites for hydroxylation is 2. The van der Waals surface area contributed by atoms with Gasteiger partial charge in [-0.3, -0.25) is 9.48 Å². The SMILES string of the molecule is Cc1ccc(C(=O)NCc2cnn(C)c2N)cc1O. The van der Waals surface area contributed by atoms with E-state index in [1.54, 1.807) is 37.0 Å². The van der Waals surface area contributed by atoms with E-state index in [1.165, 1.54) is 6.07 Å². The number of aromatic nitrogens is 2. The van der Waals surface area contributed by atoms with Crippen molar-refractivity contribution < 1.29 is 9.90 Å². The highest BCUT2D eigenvalue weighted by atomic mass is 16.3. The number of nitrogen functional groups attached to an aromatic ring is 1. The Morgan fingerprint density at radius 1 is 1.53 bits per heavy atom. The van der Waals surface area contributed by atoms with Crippen molar-refractivity contribution in [2.24, 2.45) is 7.05 Å². The minimum Gasteiger partial charge on any atom is -0.508 e. The molecule has 0 saturated heterocycles. The second-order valence-electron chi connectivity index (χ2n) is 4.36. The Kier molecular flexibility index (Phi) is 3.41. The van der Waals surface area contributed by atoms with Crippen LogP contribution in [0.4, 0.5) is 5.82 Å². The minimum atomic E-state index is -0.265. The largest absolute Gasteiger partial charge is 0.508 e. The molecule has 1 aromatic heterocycles. The van der Waals surface area contributed by atoms with Crippen molar-refractivity contribution in [3.63, 3.8) is 0 Å². The van der Waals surface area contributed by atoms with Gasteiger partial charge in [0.1, 0.15) is 11.6 Å². The molecule has 0 aliphatic rings. The normalized spacial score (nSPS) is 10.4. The summed E-state index contributed by atoms with van der Waals surface area (Å²) in [7, 11) is 1.73. The summed E-state index contributed by atoms with van der Waals surface area (Å²) < 4.78 is 1.54. The van der Waals surface area contributed by atoms with E-state index in [1.807, 2.05) is 0 Å². The number of amides is 1. The van der Waals surface area contributed by atoms with Crippen LogP contribution in [0.3, 0.4) is 0 Å². The van der Waals surface area contributed by atoms with Crippen LogP contribution in [0.1, 0.15) is 21.5 Å². The molecule has 0 unspecified atom stereocenters. The average Bonchev–Trinajstić information content (AvgIpc) is 2.70. The van der Waals surface area contributed by atoms with E-state index in [0.717, 1.165) is 11.1 Å². The van der Waals surface area contributed by atoms with Crippen LogP contribution in [-0.2, 0) is 13.6 Å². The maximum atomic E-state index is 11.9. The summed E-state index contributed by atoms with van der Waals surface area (Å²) in [5.74, 6) is 0.360. The molecule has 1 aromatic carbocycles. The number of carbonyl (C=O) groups is 1. The molecule has 1 heterocycles. The van der Waals surface area contributed by atoms with Gasteiger partial charge in [-0.15, -0.1) is 0 Å². The molecule has 1 amide bonds. The molecule has 100 valence electrons. The summed E-state index contributed by atoms with van der Waals surface area (Å²) in [5.41, 5.74) is 7.67. The predicted octanol–water partition coefficient (Wildman–Crippen LogP) is 0.946. The highest BCUT2D eigenvalue weighted by molar-refractivity contribution is 5.94. The second kappa shape index (κ2) is 5.01. The quantitative estimate of drug-likeness (QED) is 0.765. The lowest BCUT2D eigenvalue weighted by Crippen LogP contribution is -2.23. The van der Waals surface area contributed by atoms with Crippen LogP contribution in [0.15, 0.2) is 24.4 Å². The van der Waals surface area contributed by atoms with E-state index in [0.29, 0.717) is 17.9 Å². The maximum Gasteiger partial charge on any atom is 0.251 e. The molecule has 0 aliphatic heterocycles. The first-order valence-corrected chi connectivity index (χ1v) is 5.83. The lowest BCUT2D eigenvalue weighted by molar-refractivity contribution is 0.0950. The number of hydrogen-bond acceptors (Lipinski definition) is 4. The zero-order chi connectivity index (χ0) is 14.0. The van der Waals surface area contributed by atoms with Crippen LogP contribution < -0.4 is 11.1 Å². The minimum absolute atomic E-state index is 0.105. The first-order valence-electron chi connectivity index (χ1n) is 5.83. The molecule has 0 fully saturated rings. The number of hydrogen-bond donors (Lipinski definition) is 3. The van der Waals surface area contributed by atoms with E-state index in [2.05, 4.69) is 10.4 Å². The predicted molar refractivity (Wildman–Crippen MR) is 71.6 cm³/mol. The summed E-state index contributed by atoms with van der Waals surface area (Å²) in [6, 6.07) is 4.80. The molecule has 2 rings (SSSR count). The molecule has 0 radical (unpaired) electrons. The molecule has 0 saturated carbocycles. The van der Waals surface area contributed by atoms with Crippen LogP contribution in [-0.4, -0.2) is 20.8 Å². The third-order valence-corrected chi connectivity index (χ3v) is 2.98. The monoisotopic (exact) mass is 260 g/mol. The molecule has 6 nitrogen and oxygen atoms in total. The van der Waals surface area contributed by atoms with Crippen molar-refractivity contribution in [3.8, 4) is 5.75 Å². The van der Waals surface area contributed by atoms with E-state index < -0.39 is 0 Å². The molecular weight excluding hydrogens is 244 g/mol. The van der Waals surface area contributed by atoms with Gasteiger partial charge in [0, 0.05) is 24.7 Å². The van der Waals surface area contributed by atoms with Gasteiger partial charge in [0.05, 0.1) is 6.20 Å². The smallest absolute Gasteiger partial charge is 0.251 e. The number of nitrogens with one attached hydrogen (secondary N) is 1. The Morgan fingerprint density at radius 2 is 2.26 bits per heavy atom. The third kappa shape index (κ3) is 2.67. The zero-order valence-corrected chi connectivity index (χ0v) is 10.8. The van der Waals surface area contributed by atoms with Crippen molar-refractivity contribution in [2.45, 2.75) is 13.5 Å². The number of phenolic OH excluding ortho intramolecular Hbond substituents is 1. The van der Waals surface area contributed by atoms with Crippen molar-refractivity contribution in [3.05, 3.63) is 41.1 Å². The van der Waals surface area contributed by atoms with Crippen LogP contribution in [0, 0.1) is 6.92 Å². The molecule has 19 heavy (non-hydrogen) atoms. The Bertz CT molecular complexity index is 619. The van der Waals surface area contributed by atoms with Crippen molar-refractivity contribution in [1.29, 1.82) is 0 Å². The summed E-state index contributed by atoms with van der Waals surface area (Å²) in [5, 5.41) is 16.3. The fourth-order valence-corrected chi connectivity index (χ4v) is 1.66. The molecule has 2 aromatic rings. The lowest BCUT2D eigenvalue weighted by Gasteiger charge is -2.06. The highest BCUT2D eigenvalue weighted by Gasteiger charge is 2.10. The first kappa shape index (κ1) is 12.9. The molecule has 0 bridgehead atoms. The molecule has 0 aliphatic carbocycles. The summed E-state index contributed by atoms with van der Waals surface area (Å²) in [6.07, 6.45) is 1.61. The number of anilines is 1. The van der Waals surface area contributed by atoms with Crippen LogP contribution >= 0.6 is 0 Å². The fourth-order valence-electron chi connectivity index (χ4n) is 1.66. The second-order valence-corrected chi connectivity index (χ2v) is 4.36. The van der Waals surface area contributed by atoms with Gasteiger partial charge >= 0.3 is 0 Å². The number of carbonyl (C=O) groups excluding carboxylic acids is 1. The van der Waals surface area contributed by atoms with Gasteiger partial charge in [0.2, 0.25) is 0 Å². The third-order valence-electron chi connectivity index (χ3n) is 2.98. The summed E-state index contributed by atoms with van der Waals surface area (Å²) in [4.78, 5) is 11.9. The topological polar surface area (TPSA) is 93.2 Å². The summed E-state index contributed by atoms with van der Waals surface area (Å²) >= 11 is 0. The Balaban J connectivity index is 2.05. The summed E-state index contributed by atoms with van der Waals surface area (Å²) in [6.45, 7) is 2.07.